The van der Waals surface area contributed by atoms with E-state index < -0.39 is 27.3 Å². The van der Waals surface area contributed by atoms with Gasteiger partial charge in [-0.05, 0) is 55.9 Å². The van der Waals surface area contributed by atoms with Gasteiger partial charge < -0.3 is 0 Å². The summed E-state index contributed by atoms with van der Waals surface area (Å²) in [6, 6.07) is 10.8. The number of rotatable bonds is 5. The van der Waals surface area contributed by atoms with Gasteiger partial charge in [0, 0.05) is 0 Å². The van der Waals surface area contributed by atoms with E-state index in [9.17, 15) is 12.6 Å². The minimum absolute atomic E-state index is 0.206. The number of hydrogen-bond donors (Lipinski definition) is 0. The Balaban J connectivity index is 2.17. The highest BCUT2D eigenvalue weighted by Crippen LogP contribution is 2.40. The lowest BCUT2D eigenvalue weighted by molar-refractivity contribution is 0.373. The Hall–Kier alpha value is -1.54. The van der Waals surface area contributed by atoms with E-state index in [1.807, 2.05) is 43.3 Å². The molecule has 26 heavy (non-hydrogen) atoms. The summed E-state index contributed by atoms with van der Waals surface area (Å²) in [6.45, 7) is 5.46. The molecule has 0 unspecified atom stereocenters. The van der Waals surface area contributed by atoms with Crippen molar-refractivity contribution in [1.29, 1.82) is 0 Å². The van der Waals surface area contributed by atoms with Gasteiger partial charge in [0.1, 0.15) is 0 Å². The summed E-state index contributed by atoms with van der Waals surface area (Å²) in [4.78, 5) is 0.206. The molecular weight excluding hydrogens is 370 g/mol. The van der Waals surface area contributed by atoms with E-state index in [0.717, 1.165) is 26.8 Å². The second kappa shape index (κ2) is 7.23. The fraction of sp³-hybridized carbons (Fsp3) is 0.368. The number of aryl methyl sites for hydroxylation is 4. The molecule has 0 bridgehead atoms. The van der Waals surface area contributed by atoms with Crippen molar-refractivity contribution in [1.82, 2.24) is 3.71 Å². The Morgan fingerprint density at radius 3 is 2.35 bits per heavy atom. The third kappa shape index (κ3) is 3.24. The molecule has 0 heterocycles. The van der Waals surface area contributed by atoms with Crippen molar-refractivity contribution in [3.05, 3.63) is 64.2 Å². The van der Waals surface area contributed by atoms with Crippen LogP contribution in [0.15, 0.2) is 41.3 Å². The number of nitrogens with zero attached hydrogens (tertiary/aromatic N) is 1. The molecule has 7 heteroatoms. The standard InChI is InChI=1S/C19H23NO4S2/c1-13-11-14(2)19(15(3)12-13)26(22,23)20(25(21)24-4)18-10-9-16-7-5-6-8-17(16)18/h5-8,11-12,18H,9-10H2,1-4H3/t18-,25+/m1/s1. The van der Waals surface area contributed by atoms with Crippen molar-refractivity contribution in [2.75, 3.05) is 7.11 Å². The van der Waals surface area contributed by atoms with Gasteiger partial charge in [-0.15, -0.1) is 0 Å². The molecule has 2 aromatic carbocycles. The summed E-state index contributed by atoms with van der Waals surface area (Å²) in [5, 5.41) is 0. The topological polar surface area (TPSA) is 63.7 Å². The minimum atomic E-state index is -4.01. The maximum absolute atomic E-state index is 13.5. The van der Waals surface area contributed by atoms with Gasteiger partial charge in [0.25, 0.3) is 21.3 Å². The number of sulfonamides is 1. The summed E-state index contributed by atoms with van der Waals surface area (Å²) in [7, 11) is -2.75. The van der Waals surface area contributed by atoms with Gasteiger partial charge in [0.05, 0.1) is 18.0 Å². The molecule has 2 atom stereocenters. The summed E-state index contributed by atoms with van der Waals surface area (Å²) >= 11 is -2.11. The van der Waals surface area contributed by atoms with Crippen LogP contribution in [-0.4, -0.2) is 23.4 Å². The highest BCUT2D eigenvalue weighted by atomic mass is 32.3. The number of fused-ring (bicyclic) bond motifs is 1. The number of hydrogen-bond acceptors (Lipinski definition) is 4. The van der Waals surface area contributed by atoms with Crippen LogP contribution in [0.2, 0.25) is 0 Å². The van der Waals surface area contributed by atoms with Crippen molar-refractivity contribution in [3.8, 4) is 0 Å². The van der Waals surface area contributed by atoms with Gasteiger partial charge >= 0.3 is 0 Å². The first-order chi connectivity index (χ1) is 12.3. The Bertz CT molecular complexity index is 946. The molecule has 0 aliphatic heterocycles. The van der Waals surface area contributed by atoms with E-state index in [0.29, 0.717) is 17.5 Å². The lowest BCUT2D eigenvalue weighted by atomic mass is 10.1. The second-order valence-corrected chi connectivity index (χ2v) is 9.77. The highest BCUT2D eigenvalue weighted by Gasteiger charge is 2.41. The minimum Gasteiger partial charge on any atom is -0.281 e. The monoisotopic (exact) mass is 393 g/mol. The van der Waals surface area contributed by atoms with E-state index >= 15 is 0 Å². The first-order valence-corrected chi connectivity index (χ1v) is 10.9. The van der Waals surface area contributed by atoms with Crippen molar-refractivity contribution in [2.24, 2.45) is 0 Å². The van der Waals surface area contributed by atoms with E-state index in [2.05, 4.69) is 0 Å². The molecule has 2 aromatic rings. The van der Waals surface area contributed by atoms with Crippen LogP contribution >= 0.6 is 0 Å². The van der Waals surface area contributed by atoms with Crippen molar-refractivity contribution in [2.45, 2.75) is 44.6 Å². The van der Waals surface area contributed by atoms with Crippen LogP contribution in [0.4, 0.5) is 0 Å². The number of benzene rings is 2. The molecule has 0 fully saturated rings. The fourth-order valence-electron chi connectivity index (χ4n) is 3.84. The molecule has 1 aliphatic rings. The molecule has 5 nitrogen and oxygen atoms in total. The quantitative estimate of drug-likeness (QED) is 0.780. The third-order valence-electron chi connectivity index (χ3n) is 4.74. The van der Waals surface area contributed by atoms with Gasteiger partial charge in [0.15, 0.2) is 0 Å². The van der Waals surface area contributed by atoms with E-state index in [-0.39, 0.29) is 4.90 Å². The first-order valence-electron chi connectivity index (χ1n) is 8.43. The molecule has 0 saturated carbocycles. The zero-order chi connectivity index (χ0) is 19.1. The highest BCUT2D eigenvalue weighted by molar-refractivity contribution is 7.99. The molecular formula is C19H23NO4S2. The van der Waals surface area contributed by atoms with Crippen LogP contribution in [0.25, 0.3) is 0 Å². The molecule has 140 valence electrons. The Labute approximate surface area is 157 Å². The maximum atomic E-state index is 13.5. The van der Waals surface area contributed by atoms with Crippen molar-refractivity contribution < 1.29 is 16.8 Å². The molecule has 0 radical (unpaired) electrons. The average molecular weight is 394 g/mol. The summed E-state index contributed by atoms with van der Waals surface area (Å²) in [5.41, 5.74) is 4.26. The zero-order valence-corrected chi connectivity index (χ0v) is 17.0. The Morgan fingerprint density at radius 1 is 1.12 bits per heavy atom. The summed E-state index contributed by atoms with van der Waals surface area (Å²) < 4.78 is 45.7. The van der Waals surface area contributed by atoms with E-state index in [4.69, 9.17) is 4.18 Å². The zero-order valence-electron chi connectivity index (χ0n) is 15.4. The summed E-state index contributed by atoms with van der Waals surface area (Å²) in [6.07, 6.45) is 1.33. The van der Waals surface area contributed by atoms with Gasteiger partial charge in [-0.2, -0.15) is 0 Å². The molecule has 3 rings (SSSR count). The second-order valence-electron chi connectivity index (χ2n) is 6.63. The van der Waals surface area contributed by atoms with Crippen LogP contribution < -0.4 is 0 Å². The average Bonchev–Trinajstić information content (AvgIpc) is 2.97. The fourth-order valence-corrected chi connectivity index (χ4v) is 7.13. The van der Waals surface area contributed by atoms with Crippen LogP contribution in [0, 0.1) is 20.8 Å². The predicted molar refractivity (Wildman–Crippen MR) is 102 cm³/mol. The normalized spacial score (nSPS) is 18.1. The molecule has 0 amide bonds. The van der Waals surface area contributed by atoms with Crippen LogP contribution in [-0.2, 0) is 31.9 Å². The molecule has 0 aromatic heterocycles. The summed E-state index contributed by atoms with van der Waals surface area (Å²) in [5.74, 6) is 0. The largest absolute Gasteiger partial charge is 0.281 e. The molecule has 0 spiro atoms. The Kier molecular flexibility index (Phi) is 5.35. The van der Waals surface area contributed by atoms with Crippen LogP contribution in [0.1, 0.15) is 40.3 Å². The van der Waals surface area contributed by atoms with E-state index in [1.54, 1.807) is 13.8 Å². The predicted octanol–water partition coefficient (Wildman–Crippen LogP) is 3.52. The van der Waals surface area contributed by atoms with E-state index in [1.165, 1.54) is 7.11 Å². The lowest BCUT2D eigenvalue weighted by Gasteiger charge is -2.27. The SMILES string of the molecule is CO[S@](=O)N([C@@H]1CCc2ccccc21)S(=O)(=O)c1c(C)cc(C)cc1C. The van der Waals surface area contributed by atoms with Gasteiger partial charge in [-0.25, -0.2) is 12.6 Å². The van der Waals surface area contributed by atoms with Crippen LogP contribution in [0.3, 0.4) is 0 Å². The lowest BCUT2D eigenvalue weighted by Crippen LogP contribution is -2.37. The smallest absolute Gasteiger partial charge is 0.257 e. The van der Waals surface area contributed by atoms with Crippen LogP contribution in [0.5, 0.6) is 0 Å². The van der Waals surface area contributed by atoms with Gasteiger partial charge in [-0.3, -0.25) is 4.18 Å². The van der Waals surface area contributed by atoms with Gasteiger partial charge in [-0.1, -0.05) is 45.7 Å². The Morgan fingerprint density at radius 2 is 1.73 bits per heavy atom. The molecule has 1 aliphatic carbocycles. The van der Waals surface area contributed by atoms with Crippen molar-refractivity contribution >= 4 is 21.3 Å². The molecule has 0 saturated heterocycles. The maximum Gasteiger partial charge on any atom is 0.257 e. The van der Waals surface area contributed by atoms with Gasteiger partial charge in [0.2, 0.25) is 0 Å². The van der Waals surface area contributed by atoms with Crippen molar-refractivity contribution in [3.63, 3.8) is 0 Å². The molecule has 0 N–H and O–H groups in total. The third-order valence-corrected chi connectivity index (χ3v) is 8.42. The first kappa shape index (κ1) is 19.2.